The van der Waals surface area contributed by atoms with Gasteiger partial charge in [-0.25, -0.2) is 0 Å². The minimum absolute atomic E-state index is 0.00541. The monoisotopic (exact) mass is 279 g/mol. The van der Waals surface area contributed by atoms with Crippen molar-refractivity contribution >= 4 is 0 Å². The summed E-state index contributed by atoms with van der Waals surface area (Å²) in [6.45, 7) is 2.03. The molecule has 21 heavy (non-hydrogen) atoms. The molecular weight excluding hydrogens is 262 g/mol. The van der Waals surface area contributed by atoms with Crippen LogP contribution in [-0.2, 0) is 0 Å². The molecule has 2 aromatic carbocycles. The largest absolute Gasteiger partial charge is 0.297 e. The van der Waals surface area contributed by atoms with Crippen LogP contribution < -0.4 is 5.32 Å². The van der Waals surface area contributed by atoms with Gasteiger partial charge in [-0.3, -0.25) is 5.32 Å². The molecule has 0 amide bonds. The van der Waals surface area contributed by atoms with E-state index in [1.54, 1.807) is 0 Å². The van der Waals surface area contributed by atoms with Gasteiger partial charge in [-0.1, -0.05) is 65.9 Å². The third-order valence-corrected chi connectivity index (χ3v) is 3.43. The highest BCUT2D eigenvalue weighted by Gasteiger charge is 2.19. The standard InChI is InChI=1S/C16H17N5/c1-12(16-18-20-21-19-16)17-15(13-8-4-2-5-9-13)14-10-6-3-7-11-14/h2-12,15,17H,1H3,(H,18,19,20,21). The summed E-state index contributed by atoms with van der Waals surface area (Å²) in [6.07, 6.45) is 0. The summed E-state index contributed by atoms with van der Waals surface area (Å²) in [4.78, 5) is 0. The van der Waals surface area contributed by atoms with Gasteiger partial charge in [-0.15, -0.1) is 10.2 Å². The van der Waals surface area contributed by atoms with Crippen molar-refractivity contribution in [3.63, 3.8) is 0 Å². The second kappa shape index (κ2) is 6.28. The Kier molecular flexibility index (Phi) is 4.02. The van der Waals surface area contributed by atoms with E-state index >= 15 is 0 Å². The number of nitrogens with zero attached hydrogens (tertiary/aromatic N) is 3. The van der Waals surface area contributed by atoms with Crippen LogP contribution >= 0.6 is 0 Å². The van der Waals surface area contributed by atoms with Gasteiger partial charge in [0.25, 0.3) is 0 Å². The third-order valence-electron chi connectivity index (χ3n) is 3.43. The number of benzene rings is 2. The Bertz CT molecular complexity index is 612. The molecule has 2 N–H and O–H groups in total. The van der Waals surface area contributed by atoms with Crippen LogP contribution in [0.25, 0.3) is 0 Å². The maximum absolute atomic E-state index is 4.05. The Morgan fingerprint density at radius 2 is 1.48 bits per heavy atom. The highest BCUT2D eigenvalue weighted by Crippen LogP contribution is 2.24. The number of aromatic amines is 1. The van der Waals surface area contributed by atoms with E-state index in [1.807, 2.05) is 43.3 Å². The molecule has 1 atom stereocenters. The number of aromatic nitrogens is 4. The molecule has 0 aliphatic rings. The first-order valence-corrected chi connectivity index (χ1v) is 6.94. The van der Waals surface area contributed by atoms with Crippen molar-refractivity contribution in [3.8, 4) is 0 Å². The minimum Gasteiger partial charge on any atom is -0.297 e. The lowest BCUT2D eigenvalue weighted by atomic mass is 9.98. The maximum Gasteiger partial charge on any atom is 0.191 e. The molecule has 0 aliphatic carbocycles. The van der Waals surface area contributed by atoms with Gasteiger partial charge < -0.3 is 0 Å². The number of H-pyrrole nitrogens is 1. The summed E-state index contributed by atoms with van der Waals surface area (Å²) >= 11 is 0. The topological polar surface area (TPSA) is 66.5 Å². The molecule has 5 heteroatoms. The molecule has 0 bridgehead atoms. The third kappa shape index (κ3) is 3.14. The fourth-order valence-corrected chi connectivity index (χ4v) is 2.35. The molecule has 0 fully saturated rings. The lowest BCUT2D eigenvalue weighted by molar-refractivity contribution is 0.496. The van der Waals surface area contributed by atoms with Crippen LogP contribution in [0.3, 0.4) is 0 Å². The second-order valence-corrected chi connectivity index (χ2v) is 4.91. The van der Waals surface area contributed by atoms with Crippen molar-refractivity contribution in [3.05, 3.63) is 77.6 Å². The van der Waals surface area contributed by atoms with Gasteiger partial charge in [0.15, 0.2) is 5.82 Å². The average Bonchev–Trinajstić information content (AvgIpc) is 3.09. The predicted molar refractivity (Wildman–Crippen MR) is 80.5 cm³/mol. The lowest BCUT2D eigenvalue weighted by Crippen LogP contribution is -2.26. The highest BCUT2D eigenvalue weighted by molar-refractivity contribution is 5.31. The van der Waals surface area contributed by atoms with E-state index in [0.29, 0.717) is 5.82 Å². The van der Waals surface area contributed by atoms with Gasteiger partial charge in [0.2, 0.25) is 0 Å². The van der Waals surface area contributed by atoms with Crippen LogP contribution in [-0.4, -0.2) is 20.6 Å². The molecule has 0 saturated heterocycles. The first kappa shape index (κ1) is 13.5. The van der Waals surface area contributed by atoms with E-state index < -0.39 is 0 Å². The van der Waals surface area contributed by atoms with E-state index in [0.717, 1.165) is 0 Å². The summed E-state index contributed by atoms with van der Waals surface area (Å²) in [5.74, 6) is 0.659. The van der Waals surface area contributed by atoms with Gasteiger partial charge >= 0.3 is 0 Å². The number of tetrazole rings is 1. The second-order valence-electron chi connectivity index (χ2n) is 4.91. The zero-order valence-corrected chi connectivity index (χ0v) is 11.8. The van der Waals surface area contributed by atoms with Crippen LogP contribution in [0.4, 0.5) is 0 Å². The molecule has 1 unspecified atom stereocenters. The molecule has 0 aliphatic heterocycles. The Hall–Kier alpha value is -2.53. The van der Waals surface area contributed by atoms with Gasteiger partial charge in [0.1, 0.15) is 0 Å². The van der Waals surface area contributed by atoms with Crippen LogP contribution in [0.15, 0.2) is 60.7 Å². The SMILES string of the molecule is CC(NC(c1ccccc1)c1ccccc1)c1nn[nH]n1. The van der Waals surface area contributed by atoms with Crippen molar-refractivity contribution in [2.45, 2.75) is 19.0 Å². The molecule has 0 saturated carbocycles. The van der Waals surface area contributed by atoms with Crippen LogP contribution in [0, 0.1) is 0 Å². The summed E-state index contributed by atoms with van der Waals surface area (Å²) in [6, 6.07) is 20.8. The van der Waals surface area contributed by atoms with Crippen LogP contribution in [0.1, 0.15) is 36.0 Å². The summed E-state index contributed by atoms with van der Waals surface area (Å²) < 4.78 is 0. The average molecular weight is 279 g/mol. The maximum atomic E-state index is 4.05. The van der Waals surface area contributed by atoms with Crippen LogP contribution in [0.5, 0.6) is 0 Å². The highest BCUT2D eigenvalue weighted by atomic mass is 15.5. The Balaban J connectivity index is 1.90. The molecule has 5 nitrogen and oxygen atoms in total. The van der Waals surface area contributed by atoms with E-state index in [2.05, 4.69) is 50.2 Å². The van der Waals surface area contributed by atoms with Crippen LogP contribution in [0.2, 0.25) is 0 Å². The molecule has 3 aromatic rings. The quantitative estimate of drug-likeness (QED) is 0.753. The van der Waals surface area contributed by atoms with E-state index in [9.17, 15) is 0 Å². The zero-order valence-electron chi connectivity index (χ0n) is 11.8. The Morgan fingerprint density at radius 1 is 0.905 bits per heavy atom. The Morgan fingerprint density at radius 3 is 1.95 bits per heavy atom. The van der Waals surface area contributed by atoms with Crippen molar-refractivity contribution < 1.29 is 0 Å². The van der Waals surface area contributed by atoms with Crippen molar-refractivity contribution in [2.24, 2.45) is 0 Å². The smallest absolute Gasteiger partial charge is 0.191 e. The molecule has 106 valence electrons. The van der Waals surface area contributed by atoms with Gasteiger partial charge in [0, 0.05) is 0 Å². The van der Waals surface area contributed by atoms with Crippen molar-refractivity contribution in [2.75, 3.05) is 0 Å². The van der Waals surface area contributed by atoms with E-state index in [1.165, 1.54) is 11.1 Å². The van der Waals surface area contributed by atoms with Gasteiger partial charge in [-0.05, 0) is 18.1 Å². The fraction of sp³-hybridized carbons (Fsp3) is 0.188. The van der Waals surface area contributed by atoms with Gasteiger partial charge in [-0.2, -0.15) is 5.21 Å². The molecular formula is C16H17N5. The number of hydrogen-bond donors (Lipinski definition) is 2. The van der Waals surface area contributed by atoms with Crippen molar-refractivity contribution in [1.82, 2.24) is 25.9 Å². The summed E-state index contributed by atoms with van der Waals surface area (Å²) in [5.41, 5.74) is 2.41. The van der Waals surface area contributed by atoms with Gasteiger partial charge in [0.05, 0.1) is 12.1 Å². The normalized spacial score (nSPS) is 12.5. The fourth-order valence-electron chi connectivity index (χ4n) is 2.35. The molecule has 3 rings (SSSR count). The molecule has 1 heterocycles. The van der Waals surface area contributed by atoms with Crippen molar-refractivity contribution in [1.29, 1.82) is 0 Å². The molecule has 0 spiro atoms. The number of rotatable bonds is 5. The lowest BCUT2D eigenvalue weighted by Gasteiger charge is -2.22. The molecule has 0 radical (unpaired) electrons. The van der Waals surface area contributed by atoms with E-state index in [4.69, 9.17) is 0 Å². The number of hydrogen-bond acceptors (Lipinski definition) is 4. The van der Waals surface area contributed by atoms with E-state index in [-0.39, 0.29) is 12.1 Å². The predicted octanol–water partition coefficient (Wildman–Crippen LogP) is 2.64. The minimum atomic E-state index is -0.00541. The number of nitrogens with one attached hydrogen (secondary N) is 2. The molecule has 1 aromatic heterocycles. The zero-order chi connectivity index (χ0) is 14.5. The first-order chi connectivity index (χ1) is 10.3. The Labute approximate surface area is 123 Å². The first-order valence-electron chi connectivity index (χ1n) is 6.94. The summed E-state index contributed by atoms with van der Waals surface area (Å²) in [5, 5.41) is 17.8. The summed E-state index contributed by atoms with van der Waals surface area (Å²) in [7, 11) is 0.